The standard InChI is InChI=1S/C8H9N5O3S/c14-6-3-1-2-4-7(6)17(15,16)9-5-8-10-12-13-11-8/h1-4,9,14H,5H2,(H,10,11,12,13). The van der Waals surface area contributed by atoms with E-state index in [4.69, 9.17) is 0 Å². The van der Waals surface area contributed by atoms with E-state index in [0.29, 0.717) is 0 Å². The number of phenolic OH excluding ortho intramolecular Hbond substituents is 1. The summed E-state index contributed by atoms with van der Waals surface area (Å²) >= 11 is 0. The number of nitrogens with zero attached hydrogens (tertiary/aromatic N) is 3. The van der Waals surface area contributed by atoms with Crippen LogP contribution < -0.4 is 4.72 Å². The van der Waals surface area contributed by atoms with Gasteiger partial charge < -0.3 is 5.11 Å². The van der Waals surface area contributed by atoms with Crippen LogP contribution in [-0.2, 0) is 16.6 Å². The maximum absolute atomic E-state index is 11.8. The predicted octanol–water partition coefficient (Wildman–Crippen LogP) is -0.616. The Morgan fingerprint density at radius 1 is 1.35 bits per heavy atom. The lowest BCUT2D eigenvalue weighted by atomic mass is 10.3. The van der Waals surface area contributed by atoms with Crippen LogP contribution in [0.2, 0.25) is 0 Å². The highest BCUT2D eigenvalue weighted by molar-refractivity contribution is 7.89. The summed E-state index contributed by atoms with van der Waals surface area (Å²) < 4.78 is 25.8. The van der Waals surface area contributed by atoms with Crippen LogP contribution in [0, 0.1) is 0 Å². The van der Waals surface area contributed by atoms with Crippen molar-refractivity contribution in [1.82, 2.24) is 25.3 Å². The number of sulfonamides is 1. The molecule has 0 saturated heterocycles. The molecule has 0 unspecified atom stereocenters. The lowest BCUT2D eigenvalue weighted by molar-refractivity contribution is 0.458. The third-order valence-corrected chi connectivity index (χ3v) is 3.41. The lowest BCUT2D eigenvalue weighted by Crippen LogP contribution is -2.23. The van der Waals surface area contributed by atoms with E-state index >= 15 is 0 Å². The number of aromatic hydroxyl groups is 1. The first-order valence-electron chi connectivity index (χ1n) is 4.59. The number of hydrogen-bond donors (Lipinski definition) is 3. The van der Waals surface area contributed by atoms with E-state index in [-0.39, 0.29) is 23.0 Å². The number of H-pyrrole nitrogens is 1. The Balaban J connectivity index is 2.17. The Bertz CT molecular complexity index is 595. The number of nitrogens with one attached hydrogen (secondary N) is 2. The van der Waals surface area contributed by atoms with E-state index in [1.165, 1.54) is 24.3 Å². The van der Waals surface area contributed by atoms with Crippen molar-refractivity contribution in [2.45, 2.75) is 11.4 Å². The SMILES string of the molecule is O=S(=O)(NCc1nn[nH]n1)c1ccccc1O. The molecule has 0 aliphatic carbocycles. The summed E-state index contributed by atoms with van der Waals surface area (Å²) in [7, 11) is -3.79. The van der Waals surface area contributed by atoms with Gasteiger partial charge in [0, 0.05) is 0 Å². The van der Waals surface area contributed by atoms with Gasteiger partial charge in [-0.3, -0.25) is 0 Å². The molecule has 0 saturated carbocycles. The largest absolute Gasteiger partial charge is 0.507 e. The molecule has 1 heterocycles. The number of tetrazole rings is 1. The van der Waals surface area contributed by atoms with Crippen molar-refractivity contribution < 1.29 is 13.5 Å². The second-order valence-electron chi connectivity index (χ2n) is 3.12. The first-order chi connectivity index (χ1) is 8.09. The third kappa shape index (κ3) is 2.57. The lowest BCUT2D eigenvalue weighted by Gasteiger charge is -2.05. The van der Waals surface area contributed by atoms with Crippen molar-refractivity contribution in [3.63, 3.8) is 0 Å². The third-order valence-electron chi connectivity index (χ3n) is 1.96. The molecule has 1 aromatic heterocycles. The van der Waals surface area contributed by atoms with E-state index < -0.39 is 10.0 Å². The van der Waals surface area contributed by atoms with E-state index in [1.807, 2.05) is 0 Å². The number of para-hydroxylation sites is 1. The van der Waals surface area contributed by atoms with E-state index in [0.717, 1.165) is 0 Å². The Morgan fingerprint density at radius 2 is 2.12 bits per heavy atom. The van der Waals surface area contributed by atoms with Crippen LogP contribution in [0.5, 0.6) is 5.75 Å². The van der Waals surface area contributed by atoms with Gasteiger partial charge in [0.15, 0.2) is 5.82 Å². The normalized spacial score (nSPS) is 11.5. The molecule has 1 aromatic carbocycles. The molecule has 0 spiro atoms. The topological polar surface area (TPSA) is 121 Å². The molecule has 0 radical (unpaired) electrons. The van der Waals surface area contributed by atoms with Gasteiger partial charge in [0.1, 0.15) is 10.6 Å². The summed E-state index contributed by atoms with van der Waals surface area (Å²) in [5.41, 5.74) is 0. The fourth-order valence-corrected chi connectivity index (χ4v) is 2.25. The second kappa shape index (κ2) is 4.47. The van der Waals surface area contributed by atoms with Crippen LogP contribution in [0.25, 0.3) is 0 Å². The summed E-state index contributed by atoms with van der Waals surface area (Å²) in [6.07, 6.45) is 0. The van der Waals surface area contributed by atoms with Gasteiger partial charge in [-0.2, -0.15) is 5.21 Å². The van der Waals surface area contributed by atoms with Gasteiger partial charge in [0.25, 0.3) is 0 Å². The number of aromatic amines is 1. The quantitative estimate of drug-likeness (QED) is 0.669. The van der Waals surface area contributed by atoms with Crippen LogP contribution in [0.3, 0.4) is 0 Å². The summed E-state index contributed by atoms with van der Waals surface area (Å²) in [5.74, 6) is -0.0999. The molecule has 0 fully saturated rings. The zero-order chi connectivity index (χ0) is 12.3. The summed E-state index contributed by atoms with van der Waals surface area (Å²) in [6, 6.07) is 5.65. The maximum atomic E-state index is 11.8. The van der Waals surface area contributed by atoms with Crippen molar-refractivity contribution >= 4 is 10.0 Å². The molecular weight excluding hydrogens is 246 g/mol. The van der Waals surface area contributed by atoms with Crippen LogP contribution in [-0.4, -0.2) is 34.1 Å². The zero-order valence-corrected chi connectivity index (χ0v) is 9.35. The van der Waals surface area contributed by atoms with E-state index in [1.54, 1.807) is 0 Å². The van der Waals surface area contributed by atoms with Gasteiger partial charge in [-0.25, -0.2) is 13.1 Å². The molecule has 17 heavy (non-hydrogen) atoms. The number of phenols is 1. The molecule has 0 atom stereocenters. The van der Waals surface area contributed by atoms with Gasteiger partial charge in [-0.1, -0.05) is 17.3 Å². The van der Waals surface area contributed by atoms with Crippen molar-refractivity contribution in [2.75, 3.05) is 0 Å². The van der Waals surface area contributed by atoms with Crippen LogP contribution >= 0.6 is 0 Å². The Kier molecular flexibility index (Phi) is 3.02. The number of hydrogen-bond acceptors (Lipinski definition) is 6. The van der Waals surface area contributed by atoms with Crippen molar-refractivity contribution in [3.05, 3.63) is 30.1 Å². The van der Waals surface area contributed by atoms with Gasteiger partial charge in [0.2, 0.25) is 10.0 Å². The monoisotopic (exact) mass is 255 g/mol. The fourth-order valence-electron chi connectivity index (χ4n) is 1.18. The van der Waals surface area contributed by atoms with Gasteiger partial charge >= 0.3 is 0 Å². The molecular formula is C8H9N5O3S. The Morgan fingerprint density at radius 3 is 2.76 bits per heavy atom. The smallest absolute Gasteiger partial charge is 0.244 e. The minimum Gasteiger partial charge on any atom is -0.507 e. The van der Waals surface area contributed by atoms with E-state index in [9.17, 15) is 13.5 Å². The minimum absolute atomic E-state index is 0.104. The highest BCUT2D eigenvalue weighted by Gasteiger charge is 2.18. The van der Waals surface area contributed by atoms with Crippen molar-refractivity contribution in [2.24, 2.45) is 0 Å². The first-order valence-corrected chi connectivity index (χ1v) is 6.08. The molecule has 9 heteroatoms. The van der Waals surface area contributed by atoms with Crippen molar-refractivity contribution in [1.29, 1.82) is 0 Å². The molecule has 0 amide bonds. The van der Waals surface area contributed by atoms with E-state index in [2.05, 4.69) is 25.3 Å². The number of rotatable bonds is 4. The molecule has 0 bridgehead atoms. The zero-order valence-electron chi connectivity index (χ0n) is 8.53. The van der Waals surface area contributed by atoms with Gasteiger partial charge in [-0.05, 0) is 12.1 Å². The summed E-state index contributed by atoms with van der Waals surface area (Å²) in [4.78, 5) is -0.191. The number of benzene rings is 1. The highest BCUT2D eigenvalue weighted by atomic mass is 32.2. The first kappa shape index (κ1) is 11.5. The number of aromatic nitrogens is 4. The van der Waals surface area contributed by atoms with Crippen LogP contribution in [0.1, 0.15) is 5.82 Å². The second-order valence-corrected chi connectivity index (χ2v) is 4.86. The fraction of sp³-hybridized carbons (Fsp3) is 0.125. The summed E-state index contributed by atoms with van der Waals surface area (Å²) in [6.45, 7) is -0.104. The van der Waals surface area contributed by atoms with Crippen LogP contribution in [0.15, 0.2) is 29.2 Å². The summed E-state index contributed by atoms with van der Waals surface area (Å²) in [5, 5.41) is 22.1. The molecule has 2 aromatic rings. The molecule has 3 N–H and O–H groups in total. The molecule has 0 aliphatic rings. The molecule has 8 nitrogen and oxygen atoms in total. The highest BCUT2D eigenvalue weighted by Crippen LogP contribution is 2.20. The van der Waals surface area contributed by atoms with Gasteiger partial charge in [0.05, 0.1) is 6.54 Å². The molecule has 90 valence electrons. The minimum atomic E-state index is -3.79. The van der Waals surface area contributed by atoms with Crippen LogP contribution in [0.4, 0.5) is 0 Å². The van der Waals surface area contributed by atoms with Gasteiger partial charge in [-0.15, -0.1) is 10.2 Å². The predicted molar refractivity (Wildman–Crippen MR) is 56.3 cm³/mol. The Hall–Kier alpha value is -2.00. The average Bonchev–Trinajstić information content (AvgIpc) is 2.80. The molecule has 0 aliphatic heterocycles. The Labute approximate surface area is 96.7 Å². The van der Waals surface area contributed by atoms with Crippen molar-refractivity contribution in [3.8, 4) is 5.75 Å². The maximum Gasteiger partial charge on any atom is 0.244 e. The average molecular weight is 255 g/mol. The molecule has 2 rings (SSSR count).